The van der Waals surface area contributed by atoms with Crippen LogP contribution in [0.4, 0.5) is 5.82 Å². The third-order valence-corrected chi connectivity index (χ3v) is 5.46. The Hall–Kier alpha value is -2.72. The number of pyridine rings is 1. The molecule has 2 aromatic rings. The molecule has 27 heavy (non-hydrogen) atoms. The highest BCUT2D eigenvalue weighted by atomic mass is 32.2. The molecule has 2 aromatic heterocycles. The molecule has 2 rings (SSSR count). The van der Waals surface area contributed by atoms with Crippen LogP contribution in [0.15, 0.2) is 35.4 Å². The number of likely N-dealkylation sites (N-methyl/N-ethyl adjacent to an activating group) is 1. The van der Waals surface area contributed by atoms with Gasteiger partial charge in [0.15, 0.2) is 0 Å². The zero-order valence-corrected chi connectivity index (χ0v) is 16.4. The van der Waals surface area contributed by atoms with Gasteiger partial charge in [-0.2, -0.15) is 4.31 Å². The summed E-state index contributed by atoms with van der Waals surface area (Å²) in [5.41, 5.74) is 0.835. The van der Waals surface area contributed by atoms with Crippen LogP contribution in [-0.4, -0.2) is 54.3 Å². The highest BCUT2D eigenvalue weighted by molar-refractivity contribution is 7.89. The van der Waals surface area contributed by atoms with Crippen molar-refractivity contribution in [2.24, 2.45) is 7.05 Å². The van der Waals surface area contributed by atoms with E-state index >= 15 is 0 Å². The quantitative estimate of drug-likeness (QED) is 0.706. The summed E-state index contributed by atoms with van der Waals surface area (Å²) in [4.78, 5) is 28.0. The van der Waals surface area contributed by atoms with Crippen LogP contribution in [0.25, 0.3) is 0 Å². The molecule has 10 heteroatoms. The molecule has 1 N–H and O–H groups in total. The Balaban J connectivity index is 2.13. The van der Waals surface area contributed by atoms with Gasteiger partial charge >= 0.3 is 5.97 Å². The number of sulfonamides is 1. The van der Waals surface area contributed by atoms with Crippen molar-refractivity contribution in [2.45, 2.75) is 18.7 Å². The van der Waals surface area contributed by atoms with Crippen LogP contribution in [-0.2, 0) is 26.6 Å². The molecule has 9 nitrogen and oxygen atoms in total. The number of hydrogen-bond acceptors (Lipinski definition) is 6. The van der Waals surface area contributed by atoms with Crippen LogP contribution in [0.2, 0.25) is 0 Å². The van der Waals surface area contributed by atoms with E-state index in [1.165, 1.54) is 23.9 Å². The lowest BCUT2D eigenvalue weighted by Crippen LogP contribution is -2.35. The Morgan fingerprint density at radius 3 is 2.67 bits per heavy atom. The molecule has 0 spiro atoms. The Morgan fingerprint density at radius 1 is 1.33 bits per heavy atom. The number of nitrogens with zero attached hydrogens (tertiary/aromatic N) is 3. The van der Waals surface area contributed by atoms with Gasteiger partial charge in [0.05, 0.1) is 13.2 Å². The molecule has 0 atom stereocenters. The lowest BCUT2D eigenvalue weighted by Gasteiger charge is -2.15. The van der Waals surface area contributed by atoms with Gasteiger partial charge in [-0.15, -0.1) is 0 Å². The molecule has 0 aliphatic heterocycles. The van der Waals surface area contributed by atoms with E-state index in [2.05, 4.69) is 10.3 Å². The number of ether oxygens (including phenoxy) is 1. The summed E-state index contributed by atoms with van der Waals surface area (Å²) in [5, 5.41) is 2.55. The molecule has 1 amide bonds. The number of anilines is 1. The Labute approximate surface area is 158 Å². The van der Waals surface area contributed by atoms with E-state index in [1.807, 2.05) is 0 Å². The average Bonchev–Trinajstić information content (AvgIpc) is 2.97. The minimum Gasteiger partial charge on any atom is -0.461 e. The number of aryl methyl sites for hydroxylation is 2. The highest BCUT2D eigenvalue weighted by Crippen LogP contribution is 2.18. The topological polar surface area (TPSA) is 111 Å². The first-order valence-electron chi connectivity index (χ1n) is 8.18. The molecule has 0 unspecified atom stereocenters. The maximum Gasteiger partial charge on any atom is 0.354 e. The molecule has 0 aromatic carbocycles. The van der Waals surface area contributed by atoms with Crippen molar-refractivity contribution < 1.29 is 22.7 Å². The standard InChI is InChI=1S/C17H22N4O5S/c1-5-26-17(23)14-9-13(10-20(14)3)27(24,25)21(4)11-16(22)19-15-8-6-7-12(2)18-15/h6-10H,5,11H2,1-4H3,(H,18,19,22). The van der Waals surface area contributed by atoms with E-state index in [4.69, 9.17) is 4.74 Å². The number of rotatable bonds is 7. The second-order valence-electron chi connectivity index (χ2n) is 5.87. The smallest absolute Gasteiger partial charge is 0.354 e. The molecule has 0 saturated heterocycles. The molecular weight excluding hydrogens is 372 g/mol. The van der Waals surface area contributed by atoms with Gasteiger partial charge in [-0.1, -0.05) is 6.07 Å². The summed E-state index contributed by atoms with van der Waals surface area (Å²) in [6.07, 6.45) is 1.30. The Morgan fingerprint density at radius 2 is 2.04 bits per heavy atom. The van der Waals surface area contributed by atoms with Crippen LogP contribution >= 0.6 is 0 Å². The zero-order valence-electron chi connectivity index (χ0n) is 15.6. The Bertz CT molecular complexity index is 952. The fourth-order valence-electron chi connectivity index (χ4n) is 2.35. The summed E-state index contributed by atoms with van der Waals surface area (Å²) < 4.78 is 32.5. The van der Waals surface area contributed by atoms with Gasteiger partial charge in [0.25, 0.3) is 0 Å². The minimum absolute atomic E-state index is 0.1000. The lowest BCUT2D eigenvalue weighted by molar-refractivity contribution is -0.116. The van der Waals surface area contributed by atoms with Crippen molar-refractivity contribution in [3.05, 3.63) is 41.9 Å². The molecule has 0 radical (unpaired) electrons. The van der Waals surface area contributed by atoms with E-state index in [1.54, 1.807) is 39.1 Å². The van der Waals surface area contributed by atoms with Crippen LogP contribution in [0, 0.1) is 6.92 Å². The van der Waals surface area contributed by atoms with Crippen LogP contribution in [0.1, 0.15) is 23.1 Å². The normalized spacial score (nSPS) is 11.4. The molecule has 0 fully saturated rings. The summed E-state index contributed by atoms with van der Waals surface area (Å²) in [5.74, 6) is -0.803. The zero-order chi connectivity index (χ0) is 20.2. The van der Waals surface area contributed by atoms with Crippen molar-refractivity contribution in [2.75, 3.05) is 25.5 Å². The van der Waals surface area contributed by atoms with E-state index in [0.29, 0.717) is 5.82 Å². The first-order chi connectivity index (χ1) is 12.6. The van der Waals surface area contributed by atoms with Gasteiger partial charge in [0, 0.05) is 26.0 Å². The number of esters is 1. The summed E-state index contributed by atoms with van der Waals surface area (Å²) in [6, 6.07) is 6.36. The van der Waals surface area contributed by atoms with Crippen molar-refractivity contribution in [1.29, 1.82) is 0 Å². The van der Waals surface area contributed by atoms with Crippen LogP contribution in [0.3, 0.4) is 0 Å². The molecule has 146 valence electrons. The average molecular weight is 394 g/mol. The number of carbonyl (C=O) groups excluding carboxylic acids is 2. The molecule has 0 aliphatic rings. The third kappa shape index (κ3) is 4.92. The minimum atomic E-state index is -3.96. The number of aromatic nitrogens is 2. The number of amides is 1. The first kappa shape index (κ1) is 20.6. The second kappa shape index (κ2) is 8.31. The second-order valence-corrected chi connectivity index (χ2v) is 7.91. The number of hydrogen-bond donors (Lipinski definition) is 1. The van der Waals surface area contributed by atoms with Crippen molar-refractivity contribution in [3.8, 4) is 0 Å². The largest absolute Gasteiger partial charge is 0.461 e. The van der Waals surface area contributed by atoms with Crippen molar-refractivity contribution in [1.82, 2.24) is 13.9 Å². The van der Waals surface area contributed by atoms with E-state index < -0.39 is 28.4 Å². The van der Waals surface area contributed by atoms with Crippen LogP contribution < -0.4 is 5.32 Å². The summed E-state index contributed by atoms with van der Waals surface area (Å²) in [7, 11) is -1.13. The van der Waals surface area contributed by atoms with Gasteiger partial charge in [0.1, 0.15) is 16.4 Å². The highest BCUT2D eigenvalue weighted by Gasteiger charge is 2.26. The summed E-state index contributed by atoms with van der Waals surface area (Å²) in [6.45, 7) is 3.22. The monoisotopic (exact) mass is 394 g/mol. The maximum absolute atomic E-state index is 12.7. The predicted octanol–water partition coefficient (Wildman–Crippen LogP) is 1.16. The van der Waals surface area contributed by atoms with E-state index in [9.17, 15) is 18.0 Å². The number of nitrogens with one attached hydrogen (secondary N) is 1. The lowest BCUT2D eigenvalue weighted by atomic mass is 10.4. The number of carbonyl (C=O) groups is 2. The Kier molecular flexibility index (Phi) is 6.34. The van der Waals surface area contributed by atoms with E-state index in [-0.39, 0.29) is 17.2 Å². The molecule has 0 saturated carbocycles. The van der Waals surface area contributed by atoms with Crippen molar-refractivity contribution in [3.63, 3.8) is 0 Å². The van der Waals surface area contributed by atoms with E-state index in [0.717, 1.165) is 10.00 Å². The third-order valence-electron chi connectivity index (χ3n) is 3.69. The van der Waals surface area contributed by atoms with Gasteiger partial charge in [-0.05, 0) is 32.0 Å². The van der Waals surface area contributed by atoms with Gasteiger partial charge < -0.3 is 14.6 Å². The van der Waals surface area contributed by atoms with Crippen LogP contribution in [0.5, 0.6) is 0 Å². The maximum atomic E-state index is 12.7. The summed E-state index contributed by atoms with van der Waals surface area (Å²) >= 11 is 0. The fraction of sp³-hybridized carbons (Fsp3) is 0.353. The fourth-order valence-corrected chi connectivity index (χ4v) is 3.54. The first-order valence-corrected chi connectivity index (χ1v) is 9.62. The SMILES string of the molecule is CCOC(=O)c1cc(S(=O)(=O)N(C)CC(=O)Nc2cccc(C)n2)cn1C. The van der Waals surface area contributed by atoms with Crippen molar-refractivity contribution >= 4 is 27.7 Å². The molecule has 2 heterocycles. The predicted molar refractivity (Wildman–Crippen MR) is 98.8 cm³/mol. The molecule has 0 aliphatic carbocycles. The van der Waals surface area contributed by atoms with Gasteiger partial charge in [-0.3, -0.25) is 4.79 Å². The van der Waals surface area contributed by atoms with Gasteiger partial charge in [0.2, 0.25) is 15.9 Å². The molecule has 0 bridgehead atoms. The molecular formula is C17H22N4O5S. The van der Waals surface area contributed by atoms with Gasteiger partial charge in [-0.25, -0.2) is 18.2 Å².